The Bertz CT molecular complexity index is 733. The lowest BCUT2D eigenvalue weighted by molar-refractivity contribution is 0.559. The third-order valence-electron chi connectivity index (χ3n) is 3.20. The molecule has 102 valence electrons. The highest BCUT2D eigenvalue weighted by Gasteiger charge is 2.07. The van der Waals surface area contributed by atoms with Crippen molar-refractivity contribution in [3.63, 3.8) is 0 Å². The quantitative estimate of drug-likeness (QED) is 0.707. The Labute approximate surface area is 124 Å². The Balaban J connectivity index is 1.81. The van der Waals surface area contributed by atoms with E-state index in [4.69, 9.17) is 4.42 Å². The number of rotatable bonds is 3. The molecule has 1 N–H and O–H groups in total. The molecule has 0 atom stereocenters. The van der Waals surface area contributed by atoms with Crippen LogP contribution in [0.1, 0.15) is 11.3 Å². The molecule has 2 aromatic carbocycles. The van der Waals surface area contributed by atoms with E-state index in [1.807, 2.05) is 37.3 Å². The van der Waals surface area contributed by atoms with Crippen LogP contribution in [0.4, 0.5) is 10.1 Å². The Morgan fingerprint density at radius 1 is 1.20 bits per heavy atom. The zero-order valence-electron chi connectivity index (χ0n) is 10.9. The van der Waals surface area contributed by atoms with E-state index in [0.29, 0.717) is 11.0 Å². The number of hydrogen-bond donors (Lipinski definition) is 1. The van der Waals surface area contributed by atoms with Crippen molar-refractivity contribution in [3.8, 4) is 0 Å². The second-order valence-corrected chi connectivity index (χ2v) is 5.54. The maximum Gasteiger partial charge on any atom is 0.139 e. The Morgan fingerprint density at radius 3 is 2.80 bits per heavy atom. The van der Waals surface area contributed by atoms with Crippen LogP contribution in [0.2, 0.25) is 0 Å². The van der Waals surface area contributed by atoms with Gasteiger partial charge in [0.05, 0.1) is 11.0 Å². The molecule has 0 bridgehead atoms. The maximum absolute atomic E-state index is 13.5. The summed E-state index contributed by atoms with van der Waals surface area (Å²) in [4.78, 5) is 0. The number of fused-ring (bicyclic) bond motifs is 1. The Morgan fingerprint density at radius 2 is 2.00 bits per heavy atom. The number of furan rings is 1. The molecular formula is C16H13BrFNO. The van der Waals surface area contributed by atoms with Crippen LogP contribution in [-0.4, -0.2) is 0 Å². The van der Waals surface area contributed by atoms with Crippen LogP contribution in [0.3, 0.4) is 0 Å². The topological polar surface area (TPSA) is 25.2 Å². The number of benzene rings is 2. The number of hydrogen-bond acceptors (Lipinski definition) is 2. The van der Waals surface area contributed by atoms with Crippen LogP contribution in [0, 0.1) is 12.7 Å². The molecule has 0 saturated heterocycles. The number of para-hydroxylation sites is 1. The monoisotopic (exact) mass is 333 g/mol. The molecule has 3 aromatic rings. The van der Waals surface area contributed by atoms with Gasteiger partial charge in [-0.05, 0) is 52.7 Å². The van der Waals surface area contributed by atoms with Gasteiger partial charge >= 0.3 is 0 Å². The van der Waals surface area contributed by atoms with Gasteiger partial charge in [0.25, 0.3) is 0 Å². The Hall–Kier alpha value is -1.81. The fourth-order valence-corrected chi connectivity index (χ4v) is 2.60. The molecule has 20 heavy (non-hydrogen) atoms. The minimum absolute atomic E-state index is 0.275. The molecule has 0 amide bonds. The molecule has 0 spiro atoms. The van der Waals surface area contributed by atoms with Crippen molar-refractivity contribution in [2.24, 2.45) is 0 Å². The average Bonchev–Trinajstić information content (AvgIpc) is 2.84. The van der Waals surface area contributed by atoms with E-state index >= 15 is 0 Å². The lowest BCUT2D eigenvalue weighted by atomic mass is 10.2. The molecule has 1 aromatic heterocycles. The van der Waals surface area contributed by atoms with Crippen LogP contribution in [-0.2, 0) is 6.54 Å². The summed E-state index contributed by atoms with van der Waals surface area (Å²) in [6.07, 6.45) is 0. The molecule has 0 aliphatic carbocycles. The molecule has 0 aliphatic heterocycles. The third-order valence-corrected chi connectivity index (χ3v) is 3.80. The summed E-state index contributed by atoms with van der Waals surface area (Å²) in [7, 11) is 0. The molecule has 0 saturated carbocycles. The van der Waals surface area contributed by atoms with E-state index in [-0.39, 0.29) is 5.82 Å². The minimum atomic E-state index is -0.275. The predicted molar refractivity (Wildman–Crippen MR) is 82.4 cm³/mol. The smallest absolute Gasteiger partial charge is 0.139 e. The summed E-state index contributed by atoms with van der Waals surface area (Å²) in [5.41, 5.74) is 2.61. The van der Waals surface area contributed by atoms with E-state index in [1.165, 1.54) is 6.07 Å². The summed E-state index contributed by atoms with van der Waals surface area (Å²) >= 11 is 3.18. The first kappa shape index (κ1) is 13.2. The summed E-state index contributed by atoms with van der Waals surface area (Å²) in [5, 5.41) is 4.28. The van der Waals surface area contributed by atoms with Crippen LogP contribution >= 0.6 is 15.9 Å². The van der Waals surface area contributed by atoms with Gasteiger partial charge in [-0.2, -0.15) is 0 Å². The van der Waals surface area contributed by atoms with Crippen molar-refractivity contribution in [3.05, 3.63) is 64.1 Å². The van der Waals surface area contributed by atoms with E-state index in [0.717, 1.165) is 28.0 Å². The molecule has 4 heteroatoms. The Kier molecular flexibility index (Phi) is 3.49. The molecule has 0 aliphatic rings. The van der Waals surface area contributed by atoms with Crippen LogP contribution in [0.15, 0.2) is 51.4 Å². The molecule has 0 fully saturated rings. The summed E-state index contributed by atoms with van der Waals surface area (Å²) in [5.74, 6) is 0.552. The molecule has 1 heterocycles. The van der Waals surface area contributed by atoms with Gasteiger partial charge in [-0.25, -0.2) is 4.39 Å². The molecule has 0 unspecified atom stereocenters. The van der Waals surface area contributed by atoms with Crippen molar-refractivity contribution in [2.45, 2.75) is 13.5 Å². The van der Waals surface area contributed by atoms with Gasteiger partial charge < -0.3 is 9.73 Å². The van der Waals surface area contributed by atoms with Crippen molar-refractivity contribution in [2.75, 3.05) is 5.32 Å². The molecular weight excluding hydrogens is 321 g/mol. The van der Waals surface area contributed by atoms with Gasteiger partial charge in [0.1, 0.15) is 17.2 Å². The normalized spacial score (nSPS) is 10.9. The standard InChI is InChI=1S/C16H13BrFNO/c1-10-6-13(17)14(18)8-15(10)19-9-12-7-11-4-2-3-5-16(11)20-12/h2-8,19H,9H2,1H3. The SMILES string of the molecule is Cc1cc(Br)c(F)cc1NCc1cc2ccccc2o1. The summed E-state index contributed by atoms with van der Waals surface area (Å²) < 4.78 is 19.7. The highest BCUT2D eigenvalue weighted by molar-refractivity contribution is 9.10. The average molecular weight is 334 g/mol. The third kappa shape index (κ3) is 2.56. The first-order chi connectivity index (χ1) is 9.63. The highest BCUT2D eigenvalue weighted by Crippen LogP contribution is 2.25. The summed E-state index contributed by atoms with van der Waals surface area (Å²) in [6, 6.07) is 13.1. The lowest BCUT2D eigenvalue weighted by Crippen LogP contribution is -2.00. The lowest BCUT2D eigenvalue weighted by Gasteiger charge is -2.09. The van der Waals surface area contributed by atoms with E-state index in [9.17, 15) is 4.39 Å². The van der Waals surface area contributed by atoms with Gasteiger partial charge in [0.15, 0.2) is 0 Å². The van der Waals surface area contributed by atoms with Crippen LogP contribution in [0.25, 0.3) is 11.0 Å². The second-order valence-electron chi connectivity index (χ2n) is 4.69. The molecule has 0 radical (unpaired) electrons. The van der Waals surface area contributed by atoms with Gasteiger partial charge in [0.2, 0.25) is 0 Å². The number of halogens is 2. The van der Waals surface area contributed by atoms with E-state index in [2.05, 4.69) is 21.2 Å². The minimum Gasteiger partial charge on any atom is -0.459 e. The first-order valence-electron chi connectivity index (χ1n) is 6.30. The van der Waals surface area contributed by atoms with Gasteiger partial charge in [-0.1, -0.05) is 18.2 Å². The number of aryl methyl sites for hydroxylation is 1. The van der Waals surface area contributed by atoms with Crippen molar-refractivity contribution in [1.29, 1.82) is 0 Å². The number of nitrogens with one attached hydrogen (secondary N) is 1. The zero-order chi connectivity index (χ0) is 14.1. The van der Waals surface area contributed by atoms with Crippen molar-refractivity contribution < 1.29 is 8.81 Å². The predicted octanol–water partition coefficient (Wildman–Crippen LogP) is 5.25. The van der Waals surface area contributed by atoms with Crippen LogP contribution in [0.5, 0.6) is 0 Å². The van der Waals surface area contributed by atoms with Gasteiger partial charge in [-0.3, -0.25) is 0 Å². The molecule has 3 rings (SSSR count). The fraction of sp³-hybridized carbons (Fsp3) is 0.125. The van der Waals surface area contributed by atoms with Crippen LogP contribution < -0.4 is 5.32 Å². The number of anilines is 1. The van der Waals surface area contributed by atoms with Crippen molar-refractivity contribution >= 4 is 32.6 Å². The maximum atomic E-state index is 13.5. The van der Waals surface area contributed by atoms with Crippen molar-refractivity contribution in [1.82, 2.24) is 0 Å². The van der Waals surface area contributed by atoms with Gasteiger partial charge in [-0.15, -0.1) is 0 Å². The fourth-order valence-electron chi connectivity index (χ4n) is 2.14. The summed E-state index contributed by atoms with van der Waals surface area (Å²) in [6.45, 7) is 2.46. The zero-order valence-corrected chi connectivity index (χ0v) is 12.5. The first-order valence-corrected chi connectivity index (χ1v) is 7.10. The highest BCUT2D eigenvalue weighted by atomic mass is 79.9. The largest absolute Gasteiger partial charge is 0.459 e. The van der Waals surface area contributed by atoms with E-state index < -0.39 is 0 Å². The molecule has 2 nitrogen and oxygen atoms in total. The second kappa shape index (κ2) is 5.29. The van der Waals surface area contributed by atoms with Gasteiger partial charge in [0, 0.05) is 11.1 Å². The van der Waals surface area contributed by atoms with E-state index in [1.54, 1.807) is 6.07 Å².